The fourth-order valence-corrected chi connectivity index (χ4v) is 4.69. The van der Waals surface area contributed by atoms with Gasteiger partial charge in [0.05, 0.1) is 13.2 Å². The summed E-state index contributed by atoms with van der Waals surface area (Å²) in [5.74, 6) is 1.53. The summed E-state index contributed by atoms with van der Waals surface area (Å²) in [6.07, 6.45) is 2.29. The molecule has 3 atom stereocenters. The number of nitrogens with one attached hydrogen (secondary N) is 2. The Balaban J connectivity index is 0.00000341. The van der Waals surface area contributed by atoms with E-state index in [1.54, 1.807) is 0 Å². The van der Waals surface area contributed by atoms with E-state index in [1.165, 1.54) is 5.56 Å². The van der Waals surface area contributed by atoms with Crippen LogP contribution in [-0.2, 0) is 11.3 Å². The van der Waals surface area contributed by atoms with Crippen LogP contribution in [0.1, 0.15) is 39.2 Å². The Labute approximate surface area is 206 Å². The number of halogens is 1. The molecule has 31 heavy (non-hydrogen) atoms. The first kappa shape index (κ1) is 26.4. The maximum Gasteiger partial charge on any atom is 0.191 e. The van der Waals surface area contributed by atoms with Crippen molar-refractivity contribution in [3.8, 4) is 0 Å². The minimum Gasteiger partial charge on any atom is -0.379 e. The highest BCUT2D eigenvalue weighted by molar-refractivity contribution is 14.0. The predicted octanol–water partition coefficient (Wildman–Crippen LogP) is 3.18. The van der Waals surface area contributed by atoms with Gasteiger partial charge in [0.15, 0.2) is 5.96 Å². The zero-order valence-electron chi connectivity index (χ0n) is 19.7. The third-order valence-corrected chi connectivity index (χ3v) is 6.57. The molecule has 0 saturated carbocycles. The lowest BCUT2D eigenvalue weighted by Gasteiger charge is -2.39. The van der Waals surface area contributed by atoms with Crippen molar-refractivity contribution in [2.75, 3.05) is 46.4 Å². The van der Waals surface area contributed by atoms with Gasteiger partial charge in [-0.25, -0.2) is 0 Å². The van der Waals surface area contributed by atoms with Crippen molar-refractivity contribution in [1.82, 2.24) is 20.4 Å². The molecule has 0 spiro atoms. The zero-order chi connectivity index (χ0) is 21.3. The van der Waals surface area contributed by atoms with Gasteiger partial charge >= 0.3 is 0 Å². The van der Waals surface area contributed by atoms with Crippen molar-refractivity contribution in [2.45, 2.75) is 58.3 Å². The van der Waals surface area contributed by atoms with E-state index in [-0.39, 0.29) is 24.0 Å². The predicted molar refractivity (Wildman–Crippen MR) is 140 cm³/mol. The molecular weight excluding hydrogens is 501 g/mol. The molecule has 2 heterocycles. The van der Waals surface area contributed by atoms with E-state index in [1.807, 2.05) is 7.05 Å². The highest BCUT2D eigenvalue weighted by Gasteiger charge is 2.27. The number of aliphatic imine (C=N–C) groups is 1. The van der Waals surface area contributed by atoms with Crippen LogP contribution < -0.4 is 10.6 Å². The molecule has 6 nitrogen and oxygen atoms in total. The second-order valence-electron chi connectivity index (χ2n) is 9.08. The fraction of sp³-hybridized carbons (Fsp3) is 0.708. The topological polar surface area (TPSA) is 52.1 Å². The number of hydrogen-bond acceptors (Lipinski definition) is 4. The molecule has 0 aromatic heterocycles. The largest absolute Gasteiger partial charge is 0.379 e. The van der Waals surface area contributed by atoms with Crippen molar-refractivity contribution in [1.29, 1.82) is 0 Å². The van der Waals surface area contributed by atoms with Crippen LogP contribution in [0.15, 0.2) is 35.3 Å². The summed E-state index contributed by atoms with van der Waals surface area (Å²) >= 11 is 0. The van der Waals surface area contributed by atoms with Crippen molar-refractivity contribution in [3.05, 3.63) is 35.9 Å². The van der Waals surface area contributed by atoms with Gasteiger partial charge in [0.1, 0.15) is 0 Å². The van der Waals surface area contributed by atoms with Crippen LogP contribution >= 0.6 is 24.0 Å². The Morgan fingerprint density at radius 3 is 2.48 bits per heavy atom. The molecule has 7 heteroatoms. The summed E-state index contributed by atoms with van der Waals surface area (Å²) in [7, 11) is 1.88. The highest BCUT2D eigenvalue weighted by Crippen LogP contribution is 2.20. The van der Waals surface area contributed by atoms with E-state index >= 15 is 0 Å². The van der Waals surface area contributed by atoms with Crippen LogP contribution in [0, 0.1) is 5.92 Å². The van der Waals surface area contributed by atoms with Crippen molar-refractivity contribution >= 4 is 29.9 Å². The monoisotopic (exact) mass is 543 g/mol. The van der Waals surface area contributed by atoms with Crippen LogP contribution in [0.25, 0.3) is 0 Å². The van der Waals surface area contributed by atoms with Gasteiger partial charge in [0.2, 0.25) is 0 Å². The summed E-state index contributed by atoms with van der Waals surface area (Å²) < 4.78 is 5.53. The molecule has 2 saturated heterocycles. The summed E-state index contributed by atoms with van der Waals surface area (Å²) in [4.78, 5) is 9.66. The number of nitrogens with zero attached hydrogens (tertiary/aromatic N) is 3. The molecule has 0 amide bonds. The first-order valence-corrected chi connectivity index (χ1v) is 11.6. The molecule has 1 aromatic rings. The SMILES string of the molecule is CN=C(NCC(C(C)C)N1CCOCC1)NC1CCN(Cc2ccccc2)C(C)C1.I. The van der Waals surface area contributed by atoms with E-state index < -0.39 is 0 Å². The first-order valence-electron chi connectivity index (χ1n) is 11.6. The van der Waals surface area contributed by atoms with Crippen LogP contribution in [0.4, 0.5) is 0 Å². The molecule has 2 aliphatic heterocycles. The molecule has 1 aromatic carbocycles. The molecule has 176 valence electrons. The number of benzene rings is 1. The number of guanidine groups is 1. The standard InChI is InChI=1S/C24H41N5O.HI/c1-19(2)23(28-12-14-30-15-13-28)17-26-24(25-4)27-22-10-11-29(20(3)16-22)18-21-8-6-5-7-9-21;/h5-9,19-20,22-23H,10-18H2,1-4H3,(H2,25,26,27);1H. The number of morpholine rings is 1. The smallest absolute Gasteiger partial charge is 0.191 e. The Bertz CT molecular complexity index is 651. The minimum atomic E-state index is 0. The summed E-state index contributed by atoms with van der Waals surface area (Å²) in [6.45, 7) is 13.8. The fourth-order valence-electron chi connectivity index (χ4n) is 4.69. The minimum absolute atomic E-state index is 0. The van der Waals surface area contributed by atoms with Crippen molar-refractivity contribution < 1.29 is 4.74 Å². The van der Waals surface area contributed by atoms with Gasteiger partial charge in [-0.05, 0) is 31.2 Å². The van der Waals surface area contributed by atoms with E-state index in [0.29, 0.717) is 24.0 Å². The van der Waals surface area contributed by atoms with Gasteiger partial charge in [-0.15, -0.1) is 24.0 Å². The normalized spacial score (nSPS) is 24.5. The lowest BCUT2D eigenvalue weighted by Crippen LogP contribution is -2.55. The molecule has 0 radical (unpaired) electrons. The molecule has 2 aliphatic rings. The number of hydrogen-bond donors (Lipinski definition) is 2. The van der Waals surface area contributed by atoms with E-state index in [0.717, 1.165) is 64.7 Å². The highest BCUT2D eigenvalue weighted by atomic mass is 127. The number of likely N-dealkylation sites (tertiary alicyclic amines) is 1. The summed E-state index contributed by atoms with van der Waals surface area (Å²) in [5, 5.41) is 7.29. The second-order valence-corrected chi connectivity index (χ2v) is 9.08. The van der Waals surface area contributed by atoms with Gasteiger partial charge in [0.25, 0.3) is 0 Å². The van der Waals surface area contributed by atoms with Gasteiger partial charge < -0.3 is 15.4 Å². The van der Waals surface area contributed by atoms with Crippen LogP contribution in [0.5, 0.6) is 0 Å². The van der Waals surface area contributed by atoms with Gasteiger partial charge in [-0.2, -0.15) is 0 Å². The maximum atomic E-state index is 5.53. The Kier molecular flexibility index (Phi) is 11.6. The van der Waals surface area contributed by atoms with E-state index in [9.17, 15) is 0 Å². The average molecular weight is 544 g/mol. The second kappa shape index (κ2) is 13.6. The lowest BCUT2D eigenvalue weighted by atomic mass is 9.97. The quantitative estimate of drug-likeness (QED) is 0.315. The number of rotatable bonds is 7. The molecule has 0 aliphatic carbocycles. The molecule has 3 unspecified atom stereocenters. The molecule has 2 N–H and O–H groups in total. The van der Waals surface area contributed by atoms with E-state index in [4.69, 9.17) is 4.74 Å². The molecule has 3 rings (SSSR count). The zero-order valence-corrected chi connectivity index (χ0v) is 22.0. The molecule has 0 bridgehead atoms. The third kappa shape index (κ3) is 8.18. The lowest BCUT2D eigenvalue weighted by molar-refractivity contribution is 0.00750. The maximum absolute atomic E-state index is 5.53. The van der Waals surface area contributed by atoms with Crippen LogP contribution in [0.3, 0.4) is 0 Å². The number of piperidine rings is 1. The Morgan fingerprint density at radius 1 is 1.16 bits per heavy atom. The van der Waals surface area contributed by atoms with Gasteiger partial charge in [0, 0.05) is 57.9 Å². The van der Waals surface area contributed by atoms with Crippen LogP contribution in [-0.4, -0.2) is 80.3 Å². The van der Waals surface area contributed by atoms with Gasteiger partial charge in [-0.1, -0.05) is 44.2 Å². The average Bonchev–Trinajstić information content (AvgIpc) is 2.76. The third-order valence-electron chi connectivity index (χ3n) is 6.57. The summed E-state index contributed by atoms with van der Waals surface area (Å²) in [6, 6.07) is 12.3. The Hall–Kier alpha value is -0.900. The van der Waals surface area contributed by atoms with Crippen molar-refractivity contribution in [2.24, 2.45) is 10.9 Å². The van der Waals surface area contributed by atoms with Crippen LogP contribution in [0.2, 0.25) is 0 Å². The van der Waals surface area contributed by atoms with E-state index in [2.05, 4.69) is 76.5 Å². The number of ether oxygens (including phenoxy) is 1. The van der Waals surface area contributed by atoms with Crippen molar-refractivity contribution in [3.63, 3.8) is 0 Å². The summed E-state index contributed by atoms with van der Waals surface area (Å²) in [5.41, 5.74) is 1.40. The first-order chi connectivity index (χ1) is 14.6. The molecular formula is C24H42IN5O. The molecule has 2 fully saturated rings. The van der Waals surface area contributed by atoms with Gasteiger partial charge in [-0.3, -0.25) is 14.8 Å². The Morgan fingerprint density at radius 2 is 1.87 bits per heavy atom.